The molecule has 2 aliphatic heterocycles. The maximum atomic E-state index is 14.0. The number of nitrogens with zero attached hydrogens (tertiary/aromatic N) is 4. The lowest BCUT2D eigenvalue weighted by Crippen LogP contribution is -2.31. The van der Waals surface area contributed by atoms with Gasteiger partial charge in [0.05, 0.1) is 0 Å². The highest BCUT2D eigenvalue weighted by Crippen LogP contribution is 2.44. The third-order valence-electron chi connectivity index (χ3n) is 5.51. The van der Waals surface area contributed by atoms with E-state index in [1.165, 1.54) is 17.7 Å². The van der Waals surface area contributed by atoms with E-state index < -0.39 is 0 Å². The molecule has 1 saturated heterocycles. The van der Waals surface area contributed by atoms with Crippen LogP contribution >= 0.6 is 0 Å². The third-order valence-corrected chi connectivity index (χ3v) is 5.51. The number of aryl methyl sites for hydroxylation is 2. The first-order valence-corrected chi connectivity index (χ1v) is 9.07. The Kier molecular flexibility index (Phi) is 3.32. The molecule has 132 valence electrons. The zero-order valence-corrected chi connectivity index (χ0v) is 15.0. The molecule has 1 atom stereocenters. The van der Waals surface area contributed by atoms with Gasteiger partial charge in [-0.25, -0.2) is 9.37 Å². The summed E-state index contributed by atoms with van der Waals surface area (Å²) >= 11 is 0. The van der Waals surface area contributed by atoms with Gasteiger partial charge >= 0.3 is 0 Å². The molecular formula is C21H21FN4. The maximum absolute atomic E-state index is 14.0. The lowest BCUT2D eigenvalue weighted by atomic mass is 10.1. The number of aromatic nitrogens is 2. The number of allylic oxidation sites excluding steroid dienone is 1. The topological polar surface area (TPSA) is 23.8 Å². The average molecular weight is 348 g/mol. The molecule has 0 N–H and O–H groups in total. The molecule has 26 heavy (non-hydrogen) atoms. The van der Waals surface area contributed by atoms with E-state index in [1.54, 1.807) is 6.07 Å². The Balaban J connectivity index is 1.65. The molecule has 2 aromatic heterocycles. The number of pyridine rings is 1. The Morgan fingerprint density at radius 2 is 2.04 bits per heavy atom. The second-order valence-electron chi connectivity index (χ2n) is 7.24. The van der Waals surface area contributed by atoms with Gasteiger partial charge in [-0.15, -0.1) is 0 Å². The molecule has 0 spiro atoms. The number of rotatable bonds is 2. The summed E-state index contributed by atoms with van der Waals surface area (Å²) in [6.07, 6.45) is 10.6. The highest BCUT2D eigenvalue weighted by atomic mass is 19.1. The average Bonchev–Trinajstić information content (AvgIpc) is 3.32. The summed E-state index contributed by atoms with van der Waals surface area (Å²) in [5.74, 6) is -0.144. The number of fused-ring (bicyclic) bond motifs is 2. The first-order valence-electron chi connectivity index (χ1n) is 9.07. The van der Waals surface area contributed by atoms with E-state index in [0.29, 0.717) is 5.56 Å². The van der Waals surface area contributed by atoms with Crippen molar-refractivity contribution in [2.75, 3.05) is 11.4 Å². The molecule has 2 aliphatic rings. The van der Waals surface area contributed by atoms with Crippen LogP contribution in [0.4, 0.5) is 10.1 Å². The van der Waals surface area contributed by atoms with Crippen LogP contribution in [0.5, 0.6) is 0 Å². The largest absolute Gasteiger partial charge is 0.349 e. The molecule has 1 unspecified atom stereocenters. The van der Waals surface area contributed by atoms with Crippen LogP contribution in [0.25, 0.3) is 5.65 Å². The van der Waals surface area contributed by atoms with E-state index in [9.17, 15) is 4.39 Å². The Bertz CT molecular complexity index is 1040. The first-order chi connectivity index (χ1) is 12.6. The van der Waals surface area contributed by atoms with Gasteiger partial charge < -0.3 is 14.2 Å². The van der Waals surface area contributed by atoms with Crippen LogP contribution in [0.2, 0.25) is 0 Å². The quantitative estimate of drug-likeness (QED) is 0.679. The molecule has 1 fully saturated rings. The number of imidazole rings is 1. The molecule has 3 aromatic rings. The summed E-state index contributed by atoms with van der Waals surface area (Å²) in [7, 11) is 0. The monoisotopic (exact) mass is 348 g/mol. The Morgan fingerprint density at radius 1 is 1.15 bits per heavy atom. The Morgan fingerprint density at radius 3 is 2.92 bits per heavy atom. The number of halogens is 1. The Labute approximate surface area is 152 Å². The van der Waals surface area contributed by atoms with Crippen molar-refractivity contribution in [1.29, 1.82) is 0 Å². The Hall–Kier alpha value is -2.82. The molecule has 4 nitrogen and oxygen atoms in total. The van der Waals surface area contributed by atoms with E-state index in [4.69, 9.17) is 0 Å². The number of benzene rings is 1. The minimum atomic E-state index is -0.144. The van der Waals surface area contributed by atoms with Crippen LogP contribution in [-0.4, -0.2) is 20.8 Å². The van der Waals surface area contributed by atoms with Crippen molar-refractivity contribution in [2.24, 2.45) is 0 Å². The molecule has 0 bridgehead atoms. The van der Waals surface area contributed by atoms with Gasteiger partial charge in [0.15, 0.2) is 0 Å². The van der Waals surface area contributed by atoms with E-state index in [1.807, 2.05) is 32.3 Å². The van der Waals surface area contributed by atoms with Crippen molar-refractivity contribution < 1.29 is 4.39 Å². The van der Waals surface area contributed by atoms with Crippen molar-refractivity contribution in [2.45, 2.75) is 32.9 Å². The highest BCUT2D eigenvalue weighted by Gasteiger charge is 2.37. The SMILES string of the molecule is Cc1cc(N2C=C3CCCN3C2c2ccc3nccn3c2)c(C)cc1F. The van der Waals surface area contributed by atoms with Gasteiger partial charge in [-0.1, -0.05) is 0 Å². The molecule has 0 amide bonds. The smallest absolute Gasteiger partial charge is 0.136 e. The minimum absolute atomic E-state index is 0.0999. The van der Waals surface area contributed by atoms with Crippen LogP contribution < -0.4 is 4.90 Å². The van der Waals surface area contributed by atoms with Crippen molar-refractivity contribution in [1.82, 2.24) is 14.3 Å². The molecule has 1 aromatic carbocycles. The van der Waals surface area contributed by atoms with E-state index in [0.717, 1.165) is 29.9 Å². The van der Waals surface area contributed by atoms with Crippen molar-refractivity contribution in [3.63, 3.8) is 0 Å². The molecule has 4 heterocycles. The minimum Gasteiger partial charge on any atom is -0.349 e. The molecule has 0 saturated carbocycles. The molecule has 0 radical (unpaired) electrons. The second-order valence-corrected chi connectivity index (χ2v) is 7.24. The highest BCUT2D eigenvalue weighted by molar-refractivity contribution is 5.61. The van der Waals surface area contributed by atoms with Crippen molar-refractivity contribution in [3.05, 3.63) is 77.3 Å². The zero-order chi connectivity index (χ0) is 17.8. The number of anilines is 1. The van der Waals surface area contributed by atoms with Gasteiger partial charge in [-0.05, 0) is 62.1 Å². The molecule has 5 rings (SSSR count). The van der Waals surface area contributed by atoms with Gasteiger partial charge in [0.25, 0.3) is 0 Å². The molecule has 5 heteroatoms. The van der Waals surface area contributed by atoms with Gasteiger partial charge in [0.2, 0.25) is 0 Å². The van der Waals surface area contributed by atoms with E-state index >= 15 is 0 Å². The fraction of sp³-hybridized carbons (Fsp3) is 0.286. The number of hydrogen-bond donors (Lipinski definition) is 0. The van der Waals surface area contributed by atoms with Gasteiger partial charge in [-0.2, -0.15) is 0 Å². The van der Waals surface area contributed by atoms with Crippen LogP contribution in [0.1, 0.15) is 35.7 Å². The lowest BCUT2D eigenvalue weighted by Gasteiger charge is -2.33. The summed E-state index contributed by atoms with van der Waals surface area (Å²) in [6.45, 7) is 4.86. The predicted octanol–water partition coefficient (Wildman–Crippen LogP) is 4.55. The summed E-state index contributed by atoms with van der Waals surface area (Å²) in [4.78, 5) is 9.12. The van der Waals surface area contributed by atoms with Crippen LogP contribution in [-0.2, 0) is 0 Å². The summed E-state index contributed by atoms with van der Waals surface area (Å²) in [5.41, 5.74) is 6.23. The molecular weight excluding hydrogens is 327 g/mol. The van der Waals surface area contributed by atoms with Gasteiger partial charge in [-0.3, -0.25) is 0 Å². The van der Waals surface area contributed by atoms with Gasteiger partial charge in [0, 0.05) is 48.3 Å². The zero-order valence-electron chi connectivity index (χ0n) is 15.0. The van der Waals surface area contributed by atoms with Crippen molar-refractivity contribution in [3.8, 4) is 0 Å². The van der Waals surface area contributed by atoms with Crippen LogP contribution in [0.15, 0.2) is 54.8 Å². The number of hydrogen-bond acceptors (Lipinski definition) is 3. The van der Waals surface area contributed by atoms with Gasteiger partial charge in [0.1, 0.15) is 17.6 Å². The fourth-order valence-electron chi connectivity index (χ4n) is 4.19. The summed E-state index contributed by atoms with van der Waals surface area (Å²) in [6, 6.07) is 7.82. The van der Waals surface area contributed by atoms with Crippen LogP contribution in [0, 0.1) is 19.7 Å². The third kappa shape index (κ3) is 2.23. The van der Waals surface area contributed by atoms with Crippen molar-refractivity contribution >= 4 is 11.3 Å². The fourth-order valence-corrected chi connectivity index (χ4v) is 4.19. The lowest BCUT2D eigenvalue weighted by molar-refractivity contribution is 0.318. The standard InChI is InChI=1S/C21H21FN4/c1-14-11-19(15(2)10-18(14)22)26-13-17-4-3-8-25(17)21(26)16-5-6-20-23-7-9-24(20)12-16/h5-7,9-13,21H,3-4,8H2,1-2H3. The molecule has 0 aliphatic carbocycles. The maximum Gasteiger partial charge on any atom is 0.136 e. The second kappa shape index (κ2) is 5.59. The normalized spacial score (nSPS) is 19.3. The van der Waals surface area contributed by atoms with Crippen LogP contribution in [0.3, 0.4) is 0 Å². The van der Waals surface area contributed by atoms with E-state index in [2.05, 4.69) is 43.7 Å². The summed E-state index contributed by atoms with van der Waals surface area (Å²) in [5, 5.41) is 0. The first kappa shape index (κ1) is 15.4. The van der Waals surface area contributed by atoms with E-state index in [-0.39, 0.29) is 12.0 Å². The summed E-state index contributed by atoms with van der Waals surface area (Å²) < 4.78 is 16.0. The predicted molar refractivity (Wildman–Crippen MR) is 100 cm³/mol.